The Kier molecular flexibility index (Phi) is 4.41. The number of H-pyrrole nitrogens is 1. The zero-order chi connectivity index (χ0) is 13.7. The summed E-state index contributed by atoms with van der Waals surface area (Å²) in [6, 6.07) is 6.72. The number of carbonyl (C=O) groups is 1. The number of nitrogens with one attached hydrogen (secondary N) is 2. The molecule has 0 radical (unpaired) electrons. The van der Waals surface area contributed by atoms with Crippen molar-refractivity contribution in [2.24, 2.45) is 0 Å². The molecule has 0 bridgehead atoms. The van der Waals surface area contributed by atoms with E-state index in [9.17, 15) is 4.79 Å². The number of nitrogens with zero attached hydrogens (tertiary/aromatic N) is 1. The second-order valence-corrected chi connectivity index (χ2v) is 4.45. The number of benzene rings is 1. The Morgan fingerprint density at radius 2 is 2.42 bits per heavy atom. The van der Waals surface area contributed by atoms with E-state index in [1.54, 1.807) is 36.7 Å². The zero-order valence-corrected chi connectivity index (χ0v) is 11.1. The smallest absolute Gasteiger partial charge is 0.258 e. The standard InChI is InChI=1S/C13H14ClN3O2/c1-9(13-15-5-6-16-13)17-12(18)8-19-11-4-2-3-10(14)7-11/h2-7,9H,8H2,1H3,(H,15,16)(H,17,18). The van der Waals surface area contributed by atoms with Crippen molar-refractivity contribution in [3.8, 4) is 5.75 Å². The van der Waals surface area contributed by atoms with Gasteiger partial charge in [-0.1, -0.05) is 17.7 Å². The second kappa shape index (κ2) is 6.24. The molecule has 1 amide bonds. The summed E-state index contributed by atoms with van der Waals surface area (Å²) in [7, 11) is 0. The van der Waals surface area contributed by atoms with E-state index in [0.29, 0.717) is 16.6 Å². The minimum Gasteiger partial charge on any atom is -0.484 e. The topological polar surface area (TPSA) is 67.0 Å². The first kappa shape index (κ1) is 13.4. The molecule has 100 valence electrons. The van der Waals surface area contributed by atoms with E-state index in [0.717, 1.165) is 0 Å². The largest absolute Gasteiger partial charge is 0.484 e. The monoisotopic (exact) mass is 279 g/mol. The Bertz CT molecular complexity index is 543. The maximum absolute atomic E-state index is 11.7. The fraction of sp³-hybridized carbons (Fsp3) is 0.231. The van der Waals surface area contributed by atoms with Crippen LogP contribution in [0.1, 0.15) is 18.8 Å². The summed E-state index contributed by atoms with van der Waals surface area (Å²) >= 11 is 5.82. The van der Waals surface area contributed by atoms with Crippen LogP contribution in [-0.4, -0.2) is 22.5 Å². The maximum Gasteiger partial charge on any atom is 0.258 e. The van der Waals surface area contributed by atoms with Gasteiger partial charge < -0.3 is 15.0 Å². The van der Waals surface area contributed by atoms with E-state index in [2.05, 4.69) is 15.3 Å². The predicted molar refractivity (Wildman–Crippen MR) is 72.1 cm³/mol. The normalized spacial score (nSPS) is 11.9. The van der Waals surface area contributed by atoms with Crippen LogP contribution in [0.4, 0.5) is 0 Å². The van der Waals surface area contributed by atoms with E-state index in [1.807, 2.05) is 6.92 Å². The summed E-state index contributed by atoms with van der Waals surface area (Å²) in [5.74, 6) is 1.05. The highest BCUT2D eigenvalue weighted by Crippen LogP contribution is 2.16. The molecule has 1 heterocycles. The highest BCUT2D eigenvalue weighted by molar-refractivity contribution is 6.30. The van der Waals surface area contributed by atoms with Crippen LogP contribution in [0.15, 0.2) is 36.7 Å². The maximum atomic E-state index is 11.7. The molecule has 19 heavy (non-hydrogen) atoms. The molecule has 0 aliphatic rings. The van der Waals surface area contributed by atoms with Crippen LogP contribution in [0.25, 0.3) is 0 Å². The third kappa shape index (κ3) is 3.99. The Morgan fingerprint density at radius 1 is 1.58 bits per heavy atom. The van der Waals surface area contributed by atoms with Crippen LogP contribution in [-0.2, 0) is 4.79 Å². The number of ether oxygens (including phenoxy) is 1. The van der Waals surface area contributed by atoms with Crippen molar-refractivity contribution in [2.45, 2.75) is 13.0 Å². The molecule has 2 N–H and O–H groups in total. The quantitative estimate of drug-likeness (QED) is 0.883. The molecule has 5 nitrogen and oxygen atoms in total. The SMILES string of the molecule is CC(NC(=O)COc1cccc(Cl)c1)c1ncc[nH]1. The number of hydrogen-bond acceptors (Lipinski definition) is 3. The van der Waals surface area contributed by atoms with Crippen molar-refractivity contribution in [1.29, 1.82) is 0 Å². The molecule has 2 aromatic rings. The summed E-state index contributed by atoms with van der Waals surface area (Å²) < 4.78 is 5.34. The Labute approximate surface area is 116 Å². The summed E-state index contributed by atoms with van der Waals surface area (Å²) in [6.07, 6.45) is 3.35. The molecule has 0 saturated carbocycles. The first-order valence-corrected chi connectivity index (χ1v) is 6.20. The van der Waals surface area contributed by atoms with Crippen molar-refractivity contribution in [3.05, 3.63) is 47.5 Å². The van der Waals surface area contributed by atoms with Gasteiger partial charge in [0.15, 0.2) is 6.61 Å². The van der Waals surface area contributed by atoms with Gasteiger partial charge in [0.1, 0.15) is 11.6 Å². The third-order valence-corrected chi connectivity index (χ3v) is 2.71. The van der Waals surface area contributed by atoms with Crippen LogP contribution < -0.4 is 10.1 Å². The lowest BCUT2D eigenvalue weighted by Crippen LogP contribution is -2.31. The second-order valence-electron chi connectivity index (χ2n) is 4.01. The average molecular weight is 280 g/mol. The molecule has 0 fully saturated rings. The van der Waals surface area contributed by atoms with Gasteiger partial charge >= 0.3 is 0 Å². The molecule has 0 aliphatic heterocycles. The lowest BCUT2D eigenvalue weighted by molar-refractivity contribution is -0.123. The van der Waals surface area contributed by atoms with Crippen molar-refractivity contribution < 1.29 is 9.53 Å². The summed E-state index contributed by atoms with van der Waals surface area (Å²) in [5, 5.41) is 3.35. The fourth-order valence-corrected chi connectivity index (χ4v) is 1.75. The zero-order valence-electron chi connectivity index (χ0n) is 10.4. The Hall–Kier alpha value is -2.01. The Balaban J connectivity index is 1.82. The molecule has 1 unspecified atom stereocenters. The molecule has 6 heteroatoms. The number of carbonyl (C=O) groups excluding carboxylic acids is 1. The number of imidazole rings is 1. The van der Waals surface area contributed by atoms with Crippen molar-refractivity contribution in [2.75, 3.05) is 6.61 Å². The molecule has 1 aromatic carbocycles. The van der Waals surface area contributed by atoms with Crippen LogP contribution in [0, 0.1) is 0 Å². The molecule has 0 aliphatic carbocycles. The first-order chi connectivity index (χ1) is 9.15. The minimum atomic E-state index is -0.219. The number of halogens is 1. The van der Waals surface area contributed by atoms with Gasteiger partial charge in [-0.3, -0.25) is 4.79 Å². The Morgan fingerprint density at radius 3 is 3.11 bits per heavy atom. The third-order valence-electron chi connectivity index (χ3n) is 2.47. The molecule has 1 aromatic heterocycles. The lowest BCUT2D eigenvalue weighted by atomic mass is 10.3. The molecule has 0 saturated heterocycles. The number of amides is 1. The number of aromatic nitrogens is 2. The summed E-state index contributed by atoms with van der Waals surface area (Å²) in [4.78, 5) is 18.7. The van der Waals surface area contributed by atoms with Gasteiger partial charge in [0, 0.05) is 17.4 Å². The van der Waals surface area contributed by atoms with Gasteiger partial charge in [-0.25, -0.2) is 4.98 Å². The summed E-state index contributed by atoms with van der Waals surface area (Å²) in [6.45, 7) is 1.78. The van der Waals surface area contributed by atoms with Crippen molar-refractivity contribution >= 4 is 17.5 Å². The minimum absolute atomic E-state index is 0.0641. The van der Waals surface area contributed by atoms with E-state index in [1.165, 1.54) is 0 Å². The van der Waals surface area contributed by atoms with Crippen LogP contribution in [0.3, 0.4) is 0 Å². The van der Waals surface area contributed by atoms with Gasteiger partial charge in [-0.05, 0) is 25.1 Å². The van der Waals surface area contributed by atoms with E-state index < -0.39 is 0 Å². The number of aromatic amines is 1. The van der Waals surface area contributed by atoms with Crippen molar-refractivity contribution in [3.63, 3.8) is 0 Å². The molecule has 0 spiro atoms. The van der Waals surface area contributed by atoms with Gasteiger partial charge in [0.2, 0.25) is 0 Å². The molecular weight excluding hydrogens is 266 g/mol. The van der Waals surface area contributed by atoms with Crippen LogP contribution in [0.5, 0.6) is 5.75 Å². The van der Waals surface area contributed by atoms with E-state index in [-0.39, 0.29) is 18.6 Å². The van der Waals surface area contributed by atoms with Gasteiger partial charge in [0.25, 0.3) is 5.91 Å². The van der Waals surface area contributed by atoms with E-state index in [4.69, 9.17) is 16.3 Å². The molecule has 2 rings (SSSR count). The molecular formula is C13H14ClN3O2. The molecule has 1 atom stereocenters. The number of hydrogen-bond donors (Lipinski definition) is 2. The first-order valence-electron chi connectivity index (χ1n) is 5.82. The number of rotatable bonds is 5. The van der Waals surface area contributed by atoms with Crippen LogP contribution in [0.2, 0.25) is 5.02 Å². The highest BCUT2D eigenvalue weighted by atomic mass is 35.5. The van der Waals surface area contributed by atoms with Gasteiger partial charge in [0.05, 0.1) is 6.04 Å². The van der Waals surface area contributed by atoms with Gasteiger partial charge in [-0.2, -0.15) is 0 Å². The highest BCUT2D eigenvalue weighted by Gasteiger charge is 2.11. The predicted octanol–water partition coefficient (Wildman–Crippen LogP) is 2.32. The van der Waals surface area contributed by atoms with Crippen molar-refractivity contribution in [1.82, 2.24) is 15.3 Å². The lowest BCUT2D eigenvalue weighted by Gasteiger charge is -2.12. The average Bonchev–Trinajstić information content (AvgIpc) is 2.90. The van der Waals surface area contributed by atoms with Crippen LogP contribution >= 0.6 is 11.6 Å². The fourth-order valence-electron chi connectivity index (χ4n) is 1.57. The van der Waals surface area contributed by atoms with E-state index >= 15 is 0 Å². The summed E-state index contributed by atoms with van der Waals surface area (Å²) in [5.41, 5.74) is 0. The van der Waals surface area contributed by atoms with Gasteiger partial charge in [-0.15, -0.1) is 0 Å².